The van der Waals surface area contributed by atoms with Crippen molar-refractivity contribution in [2.75, 3.05) is 0 Å². The molecule has 1 amide bonds. The molecule has 0 aromatic heterocycles. The van der Waals surface area contributed by atoms with Crippen LogP contribution >= 0.6 is 0 Å². The first kappa shape index (κ1) is 35.1. The summed E-state index contributed by atoms with van der Waals surface area (Å²) < 4.78 is 71.9. The summed E-state index contributed by atoms with van der Waals surface area (Å²) in [7, 11) is -9.09. The third-order valence-corrected chi connectivity index (χ3v) is 10.8. The van der Waals surface area contributed by atoms with Gasteiger partial charge in [-0.15, -0.1) is 0 Å². The zero-order valence-electron chi connectivity index (χ0n) is 27.7. The van der Waals surface area contributed by atoms with Gasteiger partial charge in [-0.25, -0.2) is 0 Å². The molecule has 0 atom stereocenters. The van der Waals surface area contributed by atoms with Crippen molar-refractivity contribution >= 4 is 31.8 Å². The molecule has 0 bridgehead atoms. The van der Waals surface area contributed by atoms with Gasteiger partial charge in [-0.05, 0) is 56.2 Å². The second-order valence-electron chi connectivity index (χ2n) is 12.0. The van der Waals surface area contributed by atoms with Crippen molar-refractivity contribution in [3.8, 4) is 17.2 Å². The van der Waals surface area contributed by atoms with E-state index in [2.05, 4.69) is 0 Å². The van der Waals surface area contributed by atoms with E-state index in [1.165, 1.54) is 48.2 Å². The van der Waals surface area contributed by atoms with Crippen LogP contribution in [0.2, 0.25) is 0 Å². The summed E-state index contributed by atoms with van der Waals surface area (Å²) in [6, 6.07) is 26.2. The number of carbonyl (C=O) groups excluding carboxylic acids is 1. The Morgan fingerprint density at radius 2 is 1.31 bits per heavy atom. The molecule has 0 saturated carbocycles. The average Bonchev–Trinajstić information content (AvgIpc) is 3.54. The summed E-state index contributed by atoms with van der Waals surface area (Å²) in [5.74, 6) is -1.87. The molecule has 0 aliphatic carbocycles. The van der Waals surface area contributed by atoms with Gasteiger partial charge in [0.2, 0.25) is 0 Å². The van der Waals surface area contributed by atoms with Crippen molar-refractivity contribution in [1.82, 2.24) is 4.90 Å². The predicted octanol–water partition coefficient (Wildman–Crippen LogP) is 6.79. The largest absolute Gasteiger partial charge is 0.487 e. The van der Waals surface area contributed by atoms with Crippen molar-refractivity contribution < 1.29 is 39.7 Å². The lowest BCUT2D eigenvalue weighted by Crippen LogP contribution is -2.27. The Morgan fingerprint density at radius 1 is 0.745 bits per heavy atom. The summed E-state index contributed by atoms with van der Waals surface area (Å²) in [6.07, 6.45) is 0. The molecule has 1 heterocycles. The van der Waals surface area contributed by atoms with E-state index in [4.69, 9.17) is 13.1 Å². The number of rotatable bonds is 11. The van der Waals surface area contributed by atoms with E-state index in [0.29, 0.717) is 16.7 Å². The number of benzene rings is 5. The fourth-order valence-electron chi connectivity index (χ4n) is 5.60. The molecule has 262 valence electrons. The first-order valence-corrected chi connectivity index (χ1v) is 18.5. The Kier molecular flexibility index (Phi) is 9.56. The van der Waals surface area contributed by atoms with E-state index in [1.807, 2.05) is 0 Å². The molecule has 12 nitrogen and oxygen atoms in total. The lowest BCUT2D eigenvalue weighted by Gasteiger charge is -2.23. The lowest BCUT2D eigenvalue weighted by atomic mass is 10.1. The fraction of sp³-hybridized carbons (Fsp3) is 0.162. The molecule has 0 radical (unpaired) electrons. The maximum atomic E-state index is 14.6. The van der Waals surface area contributed by atoms with Gasteiger partial charge in [0, 0.05) is 24.2 Å². The number of carbonyl (C=O) groups is 1. The highest BCUT2D eigenvalue weighted by atomic mass is 32.2. The second kappa shape index (κ2) is 13.9. The molecule has 5 aromatic carbocycles. The molecule has 0 saturated heterocycles. The molecule has 0 unspecified atom stereocenters. The minimum Gasteiger partial charge on any atom is -0.487 e. The smallest absolute Gasteiger partial charge is 0.339 e. The summed E-state index contributed by atoms with van der Waals surface area (Å²) in [6.45, 7) is 4.75. The molecular weight excluding hydrogens is 697 g/mol. The van der Waals surface area contributed by atoms with Gasteiger partial charge in [0.05, 0.1) is 17.0 Å². The van der Waals surface area contributed by atoms with Crippen molar-refractivity contribution in [3.05, 3.63) is 152 Å². The summed E-state index contributed by atoms with van der Waals surface area (Å²) in [5.41, 5.74) is 2.73. The summed E-state index contributed by atoms with van der Waals surface area (Å²) >= 11 is 0. The van der Waals surface area contributed by atoms with Crippen molar-refractivity contribution in [3.63, 3.8) is 0 Å². The van der Waals surface area contributed by atoms with Crippen LogP contribution in [0, 0.1) is 30.9 Å². The van der Waals surface area contributed by atoms with Crippen LogP contribution in [0.3, 0.4) is 0 Å². The maximum absolute atomic E-state index is 14.6. The lowest BCUT2D eigenvalue weighted by molar-refractivity contribution is -0.385. The Bertz CT molecular complexity index is 2360. The van der Waals surface area contributed by atoms with E-state index < -0.39 is 36.8 Å². The molecule has 1 aliphatic heterocycles. The number of ether oxygens (including phenoxy) is 1. The minimum atomic E-state index is -4.62. The molecule has 0 fully saturated rings. The zero-order valence-corrected chi connectivity index (χ0v) is 29.4. The SMILES string of the molecule is Cc1ccc(S(=O)(=O)Oc2cc(OS(=O)(=O)c3ccc(C)cc3)c(C(=O)N3Cc4cccc([N+](=O)[O-])c4C3)c(OCc3ccccc3)c2C)cc1. The van der Waals surface area contributed by atoms with Gasteiger partial charge in [0.1, 0.15) is 27.7 Å². The highest BCUT2D eigenvalue weighted by Crippen LogP contribution is 2.43. The molecule has 5 aromatic rings. The van der Waals surface area contributed by atoms with Crippen molar-refractivity contribution in [1.29, 1.82) is 0 Å². The first-order valence-electron chi connectivity index (χ1n) is 15.6. The fourth-order valence-corrected chi connectivity index (χ4v) is 7.50. The highest BCUT2D eigenvalue weighted by Gasteiger charge is 2.36. The van der Waals surface area contributed by atoms with Crippen LogP contribution in [0.25, 0.3) is 0 Å². The van der Waals surface area contributed by atoms with Crippen LogP contribution in [0.1, 0.15) is 43.7 Å². The Morgan fingerprint density at radius 3 is 1.88 bits per heavy atom. The number of amides is 1. The van der Waals surface area contributed by atoms with E-state index in [9.17, 15) is 31.7 Å². The third-order valence-electron chi connectivity index (χ3n) is 8.35. The molecule has 0 N–H and O–H groups in total. The second-order valence-corrected chi connectivity index (χ2v) is 15.1. The molecule has 0 spiro atoms. The van der Waals surface area contributed by atoms with Crippen LogP contribution < -0.4 is 13.1 Å². The van der Waals surface area contributed by atoms with Crippen LogP contribution in [-0.2, 0) is 39.9 Å². The van der Waals surface area contributed by atoms with Gasteiger partial charge in [-0.3, -0.25) is 14.9 Å². The van der Waals surface area contributed by atoms with Crippen molar-refractivity contribution in [2.45, 2.75) is 50.3 Å². The monoisotopic (exact) mass is 728 g/mol. The topological polar surface area (TPSA) is 159 Å². The summed E-state index contributed by atoms with van der Waals surface area (Å²) in [5, 5.41) is 11.8. The Balaban J connectivity index is 1.52. The van der Waals surface area contributed by atoms with Gasteiger partial charge in [0.15, 0.2) is 11.5 Å². The minimum absolute atomic E-state index is 0.0305. The van der Waals surface area contributed by atoms with E-state index >= 15 is 0 Å². The van der Waals surface area contributed by atoms with Crippen LogP contribution in [-0.4, -0.2) is 32.6 Å². The van der Waals surface area contributed by atoms with Gasteiger partial charge in [0.25, 0.3) is 11.6 Å². The number of hydrogen-bond acceptors (Lipinski definition) is 10. The number of fused-ring (bicyclic) bond motifs is 1. The number of aryl methyl sites for hydroxylation is 2. The number of nitrogens with zero attached hydrogens (tertiary/aromatic N) is 2. The van der Waals surface area contributed by atoms with E-state index in [1.54, 1.807) is 74.5 Å². The van der Waals surface area contributed by atoms with Crippen LogP contribution in [0.4, 0.5) is 5.69 Å². The normalized spacial score (nSPS) is 12.6. The molecule has 51 heavy (non-hydrogen) atoms. The Labute approximate surface area is 295 Å². The van der Waals surface area contributed by atoms with E-state index in [0.717, 1.165) is 17.2 Å². The Hall–Kier alpha value is -5.73. The summed E-state index contributed by atoms with van der Waals surface area (Å²) in [4.78, 5) is 26.7. The third kappa shape index (κ3) is 7.42. The van der Waals surface area contributed by atoms with E-state index in [-0.39, 0.29) is 57.8 Å². The quantitative estimate of drug-likeness (QED) is 0.0805. The predicted molar refractivity (Wildman–Crippen MR) is 187 cm³/mol. The number of nitro benzene ring substituents is 1. The van der Waals surface area contributed by atoms with Gasteiger partial charge in [-0.2, -0.15) is 16.8 Å². The van der Waals surface area contributed by atoms with Crippen LogP contribution in [0.5, 0.6) is 17.2 Å². The highest BCUT2D eigenvalue weighted by molar-refractivity contribution is 7.87. The average molecular weight is 729 g/mol. The van der Waals surface area contributed by atoms with Gasteiger partial charge < -0.3 is 18.0 Å². The standard InChI is InChI=1S/C37H32N2O10S2/c1-24-12-16-29(17-13-24)50(43,44)48-33-20-34(49-51(45,46)30-18-14-25(2)15-19-30)35(36(26(33)3)47-23-27-8-5-4-6-9-27)37(40)38-21-28-10-7-11-32(39(41)42)31(28)22-38/h4-20H,21-23H2,1-3H3. The number of nitro groups is 1. The molecule has 1 aliphatic rings. The molecular formula is C37H32N2O10S2. The molecule has 14 heteroatoms. The van der Waals surface area contributed by atoms with Crippen LogP contribution in [0.15, 0.2) is 113 Å². The maximum Gasteiger partial charge on any atom is 0.339 e. The number of hydrogen-bond donors (Lipinski definition) is 0. The molecule has 6 rings (SSSR count). The van der Waals surface area contributed by atoms with Crippen molar-refractivity contribution in [2.24, 2.45) is 0 Å². The zero-order chi connectivity index (χ0) is 36.5. The van der Waals surface area contributed by atoms with Gasteiger partial charge in [-0.1, -0.05) is 77.9 Å². The van der Waals surface area contributed by atoms with Gasteiger partial charge >= 0.3 is 20.2 Å². The first-order chi connectivity index (χ1) is 24.2.